The van der Waals surface area contributed by atoms with Crippen LogP contribution in [-0.4, -0.2) is 58.1 Å². The van der Waals surface area contributed by atoms with Gasteiger partial charge in [0.05, 0.1) is 25.5 Å². The van der Waals surface area contributed by atoms with Gasteiger partial charge in [0.2, 0.25) is 10.0 Å². The lowest BCUT2D eigenvalue weighted by atomic mass is 10.4. The fraction of sp³-hybridized carbons (Fsp3) is 0.636. The van der Waals surface area contributed by atoms with Crippen molar-refractivity contribution >= 4 is 16.0 Å². The predicted molar refractivity (Wildman–Crippen MR) is 72.3 cm³/mol. The van der Waals surface area contributed by atoms with Crippen LogP contribution >= 0.6 is 0 Å². The molecule has 21 heavy (non-hydrogen) atoms. The van der Waals surface area contributed by atoms with Crippen LogP contribution in [0.1, 0.15) is 22.6 Å². The van der Waals surface area contributed by atoms with Crippen molar-refractivity contribution < 1.29 is 27.4 Å². The van der Waals surface area contributed by atoms with Crippen molar-refractivity contribution in [1.29, 1.82) is 0 Å². The molecule has 0 aromatic carbocycles. The second-order valence-corrected chi connectivity index (χ2v) is 5.66. The topological polar surface area (TPSA) is 134 Å². The monoisotopic (exact) mass is 321 g/mol. The molecule has 0 atom stereocenters. The van der Waals surface area contributed by atoms with Crippen molar-refractivity contribution in [2.75, 3.05) is 33.5 Å². The molecule has 0 radical (unpaired) electrons. The van der Waals surface area contributed by atoms with Gasteiger partial charge in [-0.2, -0.15) is 5.10 Å². The Balaban J connectivity index is 2.47. The van der Waals surface area contributed by atoms with Crippen molar-refractivity contribution in [2.45, 2.75) is 18.2 Å². The summed E-state index contributed by atoms with van der Waals surface area (Å²) in [5.74, 6) is -0.847. The number of H-pyrrole nitrogens is 1. The summed E-state index contributed by atoms with van der Waals surface area (Å²) in [7, 11) is -2.48. The number of aromatic nitrogens is 2. The maximum atomic E-state index is 11.8. The van der Waals surface area contributed by atoms with Gasteiger partial charge < -0.3 is 14.2 Å². The quantitative estimate of drug-likeness (QED) is 0.466. The van der Waals surface area contributed by atoms with Crippen molar-refractivity contribution in [3.8, 4) is 0 Å². The Kier molecular flexibility index (Phi) is 6.75. The zero-order chi connectivity index (χ0) is 15.9. The van der Waals surface area contributed by atoms with Gasteiger partial charge in [-0.1, -0.05) is 0 Å². The van der Waals surface area contributed by atoms with E-state index in [2.05, 4.69) is 10.2 Å². The van der Waals surface area contributed by atoms with E-state index >= 15 is 0 Å². The second kappa shape index (κ2) is 8.08. The summed E-state index contributed by atoms with van der Waals surface area (Å²) >= 11 is 0. The minimum atomic E-state index is -4.04. The molecule has 0 saturated heterocycles. The summed E-state index contributed by atoms with van der Waals surface area (Å²) in [6.07, 6.45) is 0.476. The lowest BCUT2D eigenvalue weighted by Crippen LogP contribution is -2.18. The van der Waals surface area contributed by atoms with Gasteiger partial charge in [-0.25, -0.2) is 18.4 Å². The van der Waals surface area contributed by atoms with Crippen LogP contribution in [0.5, 0.6) is 0 Å². The second-order valence-electron chi connectivity index (χ2n) is 4.17. The highest BCUT2D eigenvalue weighted by atomic mass is 32.2. The molecular formula is C11H19N3O6S. The molecule has 120 valence electrons. The highest BCUT2D eigenvalue weighted by molar-refractivity contribution is 7.89. The molecular weight excluding hydrogens is 302 g/mol. The average Bonchev–Trinajstić information content (AvgIpc) is 2.79. The Labute approximate surface area is 122 Å². The number of aryl methyl sites for hydroxylation is 1. The molecule has 1 aromatic heterocycles. The first-order valence-electron chi connectivity index (χ1n) is 6.19. The van der Waals surface area contributed by atoms with Gasteiger partial charge in [0.1, 0.15) is 4.90 Å². The summed E-state index contributed by atoms with van der Waals surface area (Å²) in [6, 6.07) is 0. The molecule has 0 amide bonds. The number of rotatable bonds is 9. The molecule has 0 aliphatic carbocycles. The molecule has 0 bridgehead atoms. The van der Waals surface area contributed by atoms with Gasteiger partial charge in [0.25, 0.3) is 0 Å². The standard InChI is InChI=1S/C11H19N3O6S/c1-8-10(21(12,16)17)9(14-13-8)11(15)20-5-3-4-19-7-6-18-2/h3-7H2,1-2H3,(H,13,14)(H2,12,16,17). The Morgan fingerprint density at radius 1 is 1.29 bits per heavy atom. The number of aromatic amines is 1. The smallest absolute Gasteiger partial charge is 0.360 e. The van der Waals surface area contributed by atoms with Crippen LogP contribution in [0.4, 0.5) is 0 Å². The van der Waals surface area contributed by atoms with E-state index in [1.807, 2.05) is 0 Å². The van der Waals surface area contributed by atoms with Crippen LogP contribution in [-0.2, 0) is 24.2 Å². The number of esters is 1. The molecule has 1 rings (SSSR count). The third-order valence-corrected chi connectivity index (χ3v) is 3.54. The van der Waals surface area contributed by atoms with E-state index in [-0.39, 0.29) is 22.9 Å². The first-order chi connectivity index (χ1) is 9.88. The van der Waals surface area contributed by atoms with Crippen LogP contribution < -0.4 is 5.14 Å². The first-order valence-corrected chi connectivity index (χ1v) is 7.74. The van der Waals surface area contributed by atoms with E-state index in [1.54, 1.807) is 7.11 Å². The molecule has 1 heterocycles. The summed E-state index contributed by atoms with van der Waals surface area (Å²) in [4.78, 5) is 11.4. The van der Waals surface area contributed by atoms with Crippen molar-refractivity contribution in [1.82, 2.24) is 10.2 Å². The van der Waals surface area contributed by atoms with E-state index in [1.165, 1.54) is 6.92 Å². The van der Waals surface area contributed by atoms with Crippen LogP contribution in [0.15, 0.2) is 4.90 Å². The van der Waals surface area contributed by atoms with Crippen molar-refractivity contribution in [3.63, 3.8) is 0 Å². The van der Waals surface area contributed by atoms with E-state index in [4.69, 9.17) is 19.3 Å². The normalized spacial score (nSPS) is 11.6. The number of hydrogen-bond acceptors (Lipinski definition) is 7. The van der Waals surface area contributed by atoms with E-state index in [9.17, 15) is 13.2 Å². The van der Waals surface area contributed by atoms with Crippen LogP contribution in [0.2, 0.25) is 0 Å². The molecule has 0 spiro atoms. The number of carbonyl (C=O) groups is 1. The number of carbonyl (C=O) groups excluding carboxylic acids is 1. The lowest BCUT2D eigenvalue weighted by Gasteiger charge is -2.05. The molecule has 0 fully saturated rings. The van der Waals surface area contributed by atoms with Gasteiger partial charge >= 0.3 is 5.97 Å². The number of primary sulfonamides is 1. The first kappa shape index (κ1) is 17.6. The molecule has 1 aromatic rings. The fourth-order valence-electron chi connectivity index (χ4n) is 1.54. The molecule has 10 heteroatoms. The average molecular weight is 321 g/mol. The van der Waals surface area contributed by atoms with Crippen molar-refractivity contribution in [3.05, 3.63) is 11.4 Å². The number of nitrogens with two attached hydrogens (primary N) is 1. The highest BCUT2D eigenvalue weighted by Gasteiger charge is 2.26. The third-order valence-electron chi connectivity index (χ3n) is 2.47. The van der Waals surface area contributed by atoms with Gasteiger partial charge in [0.15, 0.2) is 5.69 Å². The Hall–Kier alpha value is -1.49. The van der Waals surface area contributed by atoms with E-state index in [0.29, 0.717) is 26.2 Å². The number of methoxy groups -OCH3 is 1. The van der Waals surface area contributed by atoms with Gasteiger partial charge in [0, 0.05) is 20.1 Å². The van der Waals surface area contributed by atoms with E-state index < -0.39 is 16.0 Å². The third kappa shape index (κ3) is 5.42. The zero-order valence-corrected chi connectivity index (χ0v) is 12.7. The number of ether oxygens (including phenoxy) is 3. The molecule has 9 nitrogen and oxygen atoms in total. The SMILES string of the molecule is COCCOCCCOC(=O)c1n[nH]c(C)c1S(N)(=O)=O. The molecule has 0 unspecified atom stereocenters. The summed E-state index contributed by atoms with van der Waals surface area (Å²) < 4.78 is 37.7. The molecule has 0 aliphatic rings. The summed E-state index contributed by atoms with van der Waals surface area (Å²) in [6.45, 7) is 2.88. The molecule has 0 saturated carbocycles. The molecule has 3 N–H and O–H groups in total. The largest absolute Gasteiger partial charge is 0.461 e. The highest BCUT2D eigenvalue weighted by Crippen LogP contribution is 2.16. The minimum absolute atomic E-state index is 0.0851. The number of nitrogens with one attached hydrogen (secondary N) is 1. The summed E-state index contributed by atoms with van der Waals surface area (Å²) in [5, 5.41) is 11.1. The van der Waals surface area contributed by atoms with Gasteiger partial charge in [-0.05, 0) is 6.92 Å². The van der Waals surface area contributed by atoms with Gasteiger partial charge in [-0.15, -0.1) is 0 Å². The number of sulfonamides is 1. The van der Waals surface area contributed by atoms with Crippen LogP contribution in [0.3, 0.4) is 0 Å². The Morgan fingerprint density at radius 2 is 2.00 bits per heavy atom. The number of hydrogen-bond donors (Lipinski definition) is 2. The summed E-state index contributed by atoms with van der Waals surface area (Å²) in [5.41, 5.74) is -0.150. The predicted octanol–water partition coefficient (Wildman–Crippen LogP) is -0.425. The van der Waals surface area contributed by atoms with Crippen molar-refractivity contribution in [2.24, 2.45) is 5.14 Å². The maximum Gasteiger partial charge on any atom is 0.360 e. The minimum Gasteiger partial charge on any atom is -0.461 e. The Morgan fingerprint density at radius 3 is 2.62 bits per heavy atom. The van der Waals surface area contributed by atoms with Crippen LogP contribution in [0, 0.1) is 6.92 Å². The van der Waals surface area contributed by atoms with Crippen LogP contribution in [0.25, 0.3) is 0 Å². The fourth-order valence-corrected chi connectivity index (χ4v) is 2.41. The lowest BCUT2D eigenvalue weighted by molar-refractivity contribution is 0.0377. The Bertz CT molecular complexity index is 569. The van der Waals surface area contributed by atoms with Gasteiger partial charge in [-0.3, -0.25) is 5.10 Å². The molecule has 0 aliphatic heterocycles. The maximum absolute atomic E-state index is 11.8. The zero-order valence-electron chi connectivity index (χ0n) is 11.9. The number of nitrogens with zero attached hydrogens (tertiary/aromatic N) is 1. The van der Waals surface area contributed by atoms with E-state index in [0.717, 1.165) is 0 Å².